The van der Waals surface area contributed by atoms with E-state index in [9.17, 15) is 49.8 Å². The zero-order valence-corrected chi connectivity index (χ0v) is 38.4. The van der Waals surface area contributed by atoms with Crippen molar-refractivity contribution in [3.63, 3.8) is 0 Å². The van der Waals surface area contributed by atoms with Gasteiger partial charge in [0.15, 0.2) is 11.3 Å². The quantitative estimate of drug-likeness (QED) is 0.0568. The first-order valence-electron chi connectivity index (χ1n) is 22.1. The number of hydrogen-bond acceptors (Lipinski definition) is 10. The molecule has 4 aromatic carbocycles. The van der Waals surface area contributed by atoms with Crippen LogP contribution >= 0.6 is 0 Å². The zero-order chi connectivity index (χ0) is 52.2. The number of hydrogen-bond donors (Lipinski definition) is 4. The molecule has 1 fully saturated rings. The van der Waals surface area contributed by atoms with Gasteiger partial charge in [0.05, 0.1) is 66.4 Å². The summed E-state index contributed by atoms with van der Waals surface area (Å²) in [5.41, 5.74) is 4.04. The Hall–Kier alpha value is -8.81. The zero-order valence-electron chi connectivity index (χ0n) is 38.4. The number of amides is 1. The van der Waals surface area contributed by atoms with Crippen molar-refractivity contribution in [1.82, 2.24) is 34.5 Å². The highest BCUT2D eigenvalue weighted by Crippen LogP contribution is 2.38. The second-order valence-corrected chi connectivity index (χ2v) is 16.7. The molecule has 4 aromatic heterocycles. The minimum atomic E-state index is -4.35. The van der Waals surface area contributed by atoms with Crippen molar-refractivity contribution in [2.75, 3.05) is 23.7 Å². The van der Waals surface area contributed by atoms with Crippen LogP contribution in [-0.2, 0) is 0 Å². The van der Waals surface area contributed by atoms with Gasteiger partial charge in [0.25, 0.3) is 5.91 Å². The van der Waals surface area contributed by atoms with E-state index in [1.54, 1.807) is 44.2 Å². The highest BCUT2D eigenvalue weighted by Gasteiger charge is 2.52. The number of fused-ring (bicyclic) bond motifs is 2. The molecule has 8 aromatic rings. The number of nitrogens with zero attached hydrogens (tertiary/aromatic N) is 7. The van der Waals surface area contributed by atoms with E-state index < -0.39 is 61.6 Å². The molecule has 1 aliphatic carbocycles. The number of carbonyl (C=O) groups is 2. The lowest BCUT2D eigenvalue weighted by Crippen LogP contribution is -2.34. The number of alkyl halides is 6. The minimum absolute atomic E-state index is 0.00320. The van der Waals surface area contributed by atoms with Crippen LogP contribution in [0.2, 0.25) is 0 Å². The van der Waals surface area contributed by atoms with Gasteiger partial charge in [0, 0.05) is 54.0 Å². The molecule has 15 nitrogen and oxygen atoms in total. The van der Waals surface area contributed by atoms with Crippen molar-refractivity contribution in [1.29, 1.82) is 0 Å². The monoisotopic (exact) mass is 1010 g/mol. The Morgan fingerprint density at radius 2 is 1.14 bits per heavy atom. The number of imidazole rings is 2. The standard InChI is InChI=1S/C27H22F4N6O2.C23H18F4N4O3/c1-16-12-17(6-7-20(16)25(38)35-26(32-2)8-9-26)22-15-34-24-21(33-11-10-27(29,30)31)14-23(36-37(22)24)39-19-5-3-4-18(28)13-19;1-13-9-14(5-6-17(13)22(32)33)19-12-29-21-18(28-8-7-23(25,26)27)11-20(30-31(19)21)34-16-4-2-3-15(24)10-16/h3-7,12-15,33H,8-11H2,1H3,(H,35,38);2-6,9-12,28H,7-8H2,1H3,(H,32,33). The average Bonchev–Trinajstić information content (AvgIpc) is 3.73. The first-order valence-corrected chi connectivity index (χ1v) is 22.1. The summed E-state index contributed by atoms with van der Waals surface area (Å²) >= 11 is 0. The van der Waals surface area contributed by atoms with Crippen molar-refractivity contribution in [3.8, 4) is 45.8 Å². The maximum Gasteiger partial charge on any atom is 0.390 e. The highest BCUT2D eigenvalue weighted by atomic mass is 19.4. The lowest BCUT2D eigenvalue weighted by Gasteiger charge is -2.13. The molecule has 0 spiro atoms. The number of aromatic nitrogens is 6. The molecule has 0 bridgehead atoms. The highest BCUT2D eigenvalue weighted by molar-refractivity contribution is 5.97. The van der Waals surface area contributed by atoms with E-state index in [4.69, 9.17) is 16.0 Å². The Morgan fingerprint density at radius 1 is 0.685 bits per heavy atom. The molecular weight excluding hydrogens is 973 g/mol. The number of rotatable bonds is 15. The molecule has 1 amide bonds. The van der Waals surface area contributed by atoms with Crippen LogP contribution in [0.25, 0.3) is 38.7 Å². The predicted molar refractivity (Wildman–Crippen MR) is 251 cm³/mol. The van der Waals surface area contributed by atoms with Gasteiger partial charge in [-0.25, -0.2) is 39.1 Å². The van der Waals surface area contributed by atoms with Crippen LogP contribution in [0.5, 0.6) is 23.3 Å². The summed E-state index contributed by atoms with van der Waals surface area (Å²) in [7, 11) is 0. The molecule has 4 N–H and O–H groups in total. The number of nitrogens with one attached hydrogen (secondary N) is 3. The third-order valence-electron chi connectivity index (χ3n) is 11.2. The van der Waals surface area contributed by atoms with E-state index in [1.165, 1.54) is 76.0 Å². The molecule has 23 heteroatoms. The predicted octanol–water partition coefficient (Wildman–Crippen LogP) is 11.8. The molecule has 0 aliphatic heterocycles. The number of halogens is 8. The first-order chi connectivity index (χ1) is 34.7. The topological polar surface area (TPSA) is 174 Å². The normalized spacial score (nSPS) is 12.9. The summed E-state index contributed by atoms with van der Waals surface area (Å²) in [5, 5.41) is 26.3. The largest absolute Gasteiger partial charge is 0.478 e. The summed E-state index contributed by atoms with van der Waals surface area (Å²) in [6.07, 6.45) is -6.61. The Labute approximate surface area is 409 Å². The fourth-order valence-electron chi connectivity index (χ4n) is 7.43. The van der Waals surface area contributed by atoms with E-state index in [0.717, 1.165) is 12.1 Å². The second kappa shape index (κ2) is 20.5. The van der Waals surface area contributed by atoms with Gasteiger partial charge in [-0.15, -0.1) is 10.2 Å². The van der Waals surface area contributed by atoms with Crippen LogP contribution in [0.1, 0.15) is 57.5 Å². The lowest BCUT2D eigenvalue weighted by molar-refractivity contribution is -0.132. The second-order valence-electron chi connectivity index (χ2n) is 16.7. The number of benzene rings is 4. The molecule has 9 rings (SSSR count). The molecule has 73 heavy (non-hydrogen) atoms. The molecule has 0 radical (unpaired) electrons. The smallest absolute Gasteiger partial charge is 0.390 e. The van der Waals surface area contributed by atoms with Crippen molar-refractivity contribution < 1.29 is 59.3 Å². The van der Waals surface area contributed by atoms with Gasteiger partial charge in [-0.05, 0) is 73.5 Å². The van der Waals surface area contributed by atoms with Gasteiger partial charge >= 0.3 is 24.0 Å². The maximum atomic E-state index is 13.7. The van der Waals surface area contributed by atoms with Gasteiger partial charge in [0.2, 0.25) is 11.8 Å². The summed E-state index contributed by atoms with van der Waals surface area (Å²) in [4.78, 5) is 36.2. The fourth-order valence-corrected chi connectivity index (χ4v) is 7.43. The van der Waals surface area contributed by atoms with Gasteiger partial charge < -0.3 is 25.2 Å². The van der Waals surface area contributed by atoms with Crippen LogP contribution in [0, 0.1) is 32.1 Å². The van der Waals surface area contributed by atoms with Crippen LogP contribution in [-0.4, -0.2) is 77.3 Å². The van der Waals surface area contributed by atoms with Gasteiger partial charge in [-0.2, -0.15) is 26.3 Å². The molecule has 1 saturated carbocycles. The van der Waals surface area contributed by atoms with Crippen LogP contribution in [0.3, 0.4) is 0 Å². The molecule has 376 valence electrons. The van der Waals surface area contributed by atoms with Gasteiger partial charge in [-0.3, -0.25) is 15.0 Å². The SMILES string of the molecule is Cc1cc(-c2cnc3c(NCCC(F)(F)F)cc(Oc4cccc(F)c4)nn23)ccc1C(=O)O.[C-]#[N+]C1(NC(=O)c2ccc(-c3cnc4c(NCCC(F)(F)F)cc(Oc5cccc(F)c5)nn34)cc2C)CC1. The summed E-state index contributed by atoms with van der Waals surface area (Å²) in [6, 6.07) is 23.3. The number of anilines is 2. The van der Waals surface area contributed by atoms with E-state index in [0.29, 0.717) is 52.0 Å². The van der Waals surface area contributed by atoms with Crippen molar-refractivity contribution in [3.05, 3.63) is 155 Å². The Morgan fingerprint density at radius 3 is 1.52 bits per heavy atom. The molecule has 0 unspecified atom stereocenters. The summed E-state index contributed by atoms with van der Waals surface area (Å²) < 4.78 is 118. The third-order valence-corrected chi connectivity index (χ3v) is 11.2. The number of ether oxygens (including phenoxy) is 2. The van der Waals surface area contributed by atoms with Crippen LogP contribution in [0.15, 0.2) is 109 Å². The number of carbonyl (C=O) groups excluding carboxylic acids is 1. The van der Waals surface area contributed by atoms with Crippen LogP contribution in [0.4, 0.5) is 46.5 Å². The fraction of sp³-hybridized carbons (Fsp3) is 0.220. The number of carboxylic acids is 1. The number of aromatic carboxylic acids is 1. The minimum Gasteiger partial charge on any atom is -0.478 e. The first kappa shape index (κ1) is 50.6. The molecule has 0 saturated heterocycles. The van der Waals surface area contributed by atoms with Gasteiger partial charge in [0.1, 0.15) is 23.1 Å². The van der Waals surface area contributed by atoms with Gasteiger partial charge in [-0.1, -0.05) is 24.3 Å². The van der Waals surface area contributed by atoms with E-state index >= 15 is 0 Å². The third kappa shape index (κ3) is 12.4. The van der Waals surface area contributed by atoms with Crippen molar-refractivity contribution in [2.45, 2.75) is 57.5 Å². The maximum absolute atomic E-state index is 13.7. The lowest BCUT2D eigenvalue weighted by atomic mass is 10.0. The number of carboxylic acid groups (broad SMARTS) is 1. The van der Waals surface area contributed by atoms with Crippen molar-refractivity contribution >= 4 is 34.5 Å². The molecule has 1 aliphatic rings. The van der Waals surface area contributed by atoms with Crippen LogP contribution < -0.4 is 25.4 Å². The number of aryl methyl sites for hydroxylation is 2. The summed E-state index contributed by atoms with van der Waals surface area (Å²) in [5.74, 6) is -2.16. The molecule has 0 atom stereocenters. The molecular formula is C50H40F8N10O5. The Kier molecular flexibility index (Phi) is 14.2. The Bertz CT molecular complexity index is 3420. The van der Waals surface area contributed by atoms with E-state index in [1.807, 2.05) is 0 Å². The molecule has 4 heterocycles. The van der Waals surface area contributed by atoms with E-state index in [-0.39, 0.29) is 57.4 Å². The van der Waals surface area contributed by atoms with Crippen molar-refractivity contribution in [2.24, 2.45) is 0 Å². The Balaban J connectivity index is 0.000000197. The van der Waals surface area contributed by atoms with E-state index in [2.05, 4.69) is 41.0 Å². The average molecular weight is 1010 g/mol. The summed E-state index contributed by atoms with van der Waals surface area (Å²) in [6.45, 7) is 9.87.